The molecule has 0 aromatic heterocycles. The van der Waals surface area contributed by atoms with E-state index in [4.69, 9.17) is 5.73 Å². The number of hydrogen-bond acceptors (Lipinski definition) is 3. The van der Waals surface area contributed by atoms with Crippen LogP contribution in [0.25, 0.3) is 0 Å². The average Bonchev–Trinajstić information content (AvgIpc) is 2.59. The average molecular weight is 321 g/mol. The molecule has 0 radical (unpaired) electrons. The number of benzene rings is 1. The van der Waals surface area contributed by atoms with Gasteiger partial charge in [-0.2, -0.15) is 11.8 Å². The largest absolute Gasteiger partial charge is 0.341 e. The van der Waals surface area contributed by atoms with Crippen LogP contribution < -0.4 is 5.73 Å². The van der Waals surface area contributed by atoms with E-state index in [1.807, 2.05) is 4.90 Å². The van der Waals surface area contributed by atoms with E-state index in [1.54, 1.807) is 11.8 Å². The van der Waals surface area contributed by atoms with Crippen molar-refractivity contribution in [3.63, 3.8) is 0 Å². The highest BCUT2D eigenvalue weighted by molar-refractivity contribution is 7.98. The van der Waals surface area contributed by atoms with Crippen LogP contribution in [0.5, 0.6) is 0 Å². The van der Waals surface area contributed by atoms with Gasteiger partial charge < -0.3 is 10.6 Å². The van der Waals surface area contributed by atoms with Gasteiger partial charge in [0, 0.05) is 13.1 Å². The molecule has 0 saturated carbocycles. The molecule has 1 aromatic carbocycles. The Hall–Kier alpha value is -1.00. The van der Waals surface area contributed by atoms with Crippen LogP contribution in [0.15, 0.2) is 30.3 Å². The Morgan fingerprint density at radius 1 is 1.41 bits per heavy atom. The highest BCUT2D eigenvalue weighted by atomic mass is 32.2. The fourth-order valence-corrected chi connectivity index (χ4v) is 3.88. The number of likely N-dealkylation sites (tertiary alicyclic amines) is 1. The van der Waals surface area contributed by atoms with Crippen molar-refractivity contribution in [2.45, 2.75) is 38.1 Å². The summed E-state index contributed by atoms with van der Waals surface area (Å²) < 4.78 is 0. The maximum absolute atomic E-state index is 12.5. The van der Waals surface area contributed by atoms with Crippen LogP contribution >= 0.6 is 11.8 Å². The Bertz CT molecular complexity index is 465. The summed E-state index contributed by atoms with van der Waals surface area (Å²) in [7, 11) is 0. The zero-order valence-electron chi connectivity index (χ0n) is 13.7. The van der Waals surface area contributed by atoms with Crippen LogP contribution in [-0.2, 0) is 4.79 Å². The van der Waals surface area contributed by atoms with Crippen LogP contribution in [0.4, 0.5) is 0 Å². The van der Waals surface area contributed by atoms with Gasteiger partial charge in [-0.25, -0.2) is 0 Å². The second kappa shape index (κ2) is 8.59. The molecular formula is C18H28N2OS. The lowest BCUT2D eigenvalue weighted by Crippen LogP contribution is -2.49. The number of amides is 1. The van der Waals surface area contributed by atoms with Crippen molar-refractivity contribution < 1.29 is 4.79 Å². The predicted molar refractivity (Wildman–Crippen MR) is 95.1 cm³/mol. The van der Waals surface area contributed by atoms with Crippen LogP contribution in [0.1, 0.15) is 37.7 Å². The SMILES string of the molecule is CC[C@@H]1CN(C(=O)[C@H](N)CCSC)CC[C@@H]1c1ccccc1. The van der Waals surface area contributed by atoms with Gasteiger partial charge in [0.05, 0.1) is 6.04 Å². The molecule has 2 rings (SSSR count). The molecule has 1 aromatic rings. The van der Waals surface area contributed by atoms with Crippen LogP contribution in [-0.4, -0.2) is 41.9 Å². The molecule has 0 unspecified atom stereocenters. The van der Waals surface area contributed by atoms with Crippen LogP contribution in [0, 0.1) is 5.92 Å². The molecule has 1 amide bonds. The van der Waals surface area contributed by atoms with Crippen molar-refractivity contribution in [1.29, 1.82) is 0 Å². The molecule has 1 aliphatic rings. The first-order chi connectivity index (χ1) is 10.7. The molecular weight excluding hydrogens is 292 g/mol. The van der Waals surface area contributed by atoms with Crippen molar-refractivity contribution in [3.8, 4) is 0 Å². The topological polar surface area (TPSA) is 46.3 Å². The number of piperidine rings is 1. The van der Waals surface area contributed by atoms with Crippen molar-refractivity contribution >= 4 is 17.7 Å². The Morgan fingerprint density at radius 2 is 2.14 bits per heavy atom. The maximum Gasteiger partial charge on any atom is 0.239 e. The first kappa shape index (κ1) is 17.4. The predicted octanol–water partition coefficient (Wildman–Crippen LogP) is 3.11. The van der Waals surface area contributed by atoms with Gasteiger partial charge in [0.1, 0.15) is 0 Å². The van der Waals surface area contributed by atoms with E-state index in [-0.39, 0.29) is 11.9 Å². The van der Waals surface area contributed by atoms with E-state index >= 15 is 0 Å². The Labute approximate surface area is 138 Å². The van der Waals surface area contributed by atoms with Crippen molar-refractivity contribution in [1.82, 2.24) is 4.90 Å². The molecule has 0 aliphatic carbocycles. The monoisotopic (exact) mass is 320 g/mol. The molecule has 0 spiro atoms. The summed E-state index contributed by atoms with van der Waals surface area (Å²) >= 11 is 1.75. The molecule has 1 saturated heterocycles. The van der Waals surface area contributed by atoms with Crippen molar-refractivity contribution in [2.75, 3.05) is 25.1 Å². The molecule has 1 heterocycles. The minimum Gasteiger partial charge on any atom is -0.341 e. The van der Waals surface area contributed by atoms with Crippen LogP contribution in [0.3, 0.4) is 0 Å². The molecule has 1 aliphatic heterocycles. The molecule has 2 N–H and O–H groups in total. The van der Waals surface area contributed by atoms with E-state index in [1.165, 1.54) is 5.56 Å². The van der Waals surface area contributed by atoms with Gasteiger partial charge in [0.15, 0.2) is 0 Å². The second-order valence-electron chi connectivity index (χ2n) is 6.15. The summed E-state index contributed by atoms with van der Waals surface area (Å²) in [6.45, 7) is 3.91. The van der Waals surface area contributed by atoms with E-state index in [0.29, 0.717) is 11.8 Å². The number of rotatable bonds is 6. The van der Waals surface area contributed by atoms with Gasteiger partial charge in [0.25, 0.3) is 0 Å². The first-order valence-electron chi connectivity index (χ1n) is 8.25. The highest BCUT2D eigenvalue weighted by Crippen LogP contribution is 2.35. The lowest BCUT2D eigenvalue weighted by atomic mass is 9.79. The summed E-state index contributed by atoms with van der Waals surface area (Å²) in [5.41, 5.74) is 7.47. The zero-order valence-corrected chi connectivity index (χ0v) is 14.5. The second-order valence-corrected chi connectivity index (χ2v) is 7.13. The van der Waals surface area contributed by atoms with E-state index in [9.17, 15) is 4.79 Å². The summed E-state index contributed by atoms with van der Waals surface area (Å²) in [6.07, 6.45) is 4.97. The minimum atomic E-state index is -0.335. The summed E-state index contributed by atoms with van der Waals surface area (Å²) in [6, 6.07) is 10.4. The van der Waals surface area contributed by atoms with Gasteiger partial charge >= 0.3 is 0 Å². The fourth-order valence-electron chi connectivity index (χ4n) is 3.39. The van der Waals surface area contributed by atoms with Crippen LogP contribution in [0.2, 0.25) is 0 Å². The maximum atomic E-state index is 12.5. The lowest BCUT2D eigenvalue weighted by Gasteiger charge is -2.39. The van der Waals surface area contributed by atoms with Gasteiger partial charge in [-0.15, -0.1) is 0 Å². The van der Waals surface area contributed by atoms with E-state index < -0.39 is 0 Å². The summed E-state index contributed by atoms with van der Waals surface area (Å²) in [5, 5.41) is 0. The molecule has 3 atom stereocenters. The van der Waals surface area contributed by atoms with Crippen molar-refractivity contribution in [2.24, 2.45) is 11.7 Å². The molecule has 4 heteroatoms. The third-order valence-corrected chi connectivity index (χ3v) is 5.39. The Kier molecular flexibility index (Phi) is 6.77. The molecule has 122 valence electrons. The molecule has 0 bridgehead atoms. The number of carbonyl (C=O) groups is 1. The van der Waals surface area contributed by atoms with E-state index in [2.05, 4.69) is 43.5 Å². The van der Waals surface area contributed by atoms with Gasteiger partial charge in [-0.1, -0.05) is 43.7 Å². The van der Waals surface area contributed by atoms with Crippen molar-refractivity contribution in [3.05, 3.63) is 35.9 Å². The quantitative estimate of drug-likeness (QED) is 0.876. The number of thioether (sulfide) groups is 1. The van der Waals surface area contributed by atoms with Gasteiger partial charge in [0.2, 0.25) is 5.91 Å². The number of hydrogen-bond donors (Lipinski definition) is 1. The number of nitrogens with two attached hydrogens (primary N) is 1. The standard InChI is InChI=1S/C18H28N2OS/c1-3-14-13-20(18(21)17(19)10-12-22-2)11-9-16(14)15-7-5-4-6-8-15/h4-8,14,16-17H,3,9-13,19H2,1-2H3/t14-,16+,17-/m1/s1. The number of carbonyl (C=O) groups excluding carboxylic acids is 1. The molecule has 22 heavy (non-hydrogen) atoms. The van der Waals surface area contributed by atoms with E-state index in [0.717, 1.165) is 38.1 Å². The Balaban J connectivity index is 1.99. The summed E-state index contributed by atoms with van der Waals surface area (Å²) in [4.78, 5) is 14.5. The fraction of sp³-hybridized carbons (Fsp3) is 0.611. The zero-order chi connectivity index (χ0) is 15.9. The normalized spacial score (nSPS) is 23.3. The smallest absolute Gasteiger partial charge is 0.239 e. The highest BCUT2D eigenvalue weighted by Gasteiger charge is 2.32. The molecule has 3 nitrogen and oxygen atoms in total. The van der Waals surface area contributed by atoms with Gasteiger partial charge in [-0.05, 0) is 42.2 Å². The Morgan fingerprint density at radius 3 is 2.77 bits per heavy atom. The number of nitrogens with zero attached hydrogens (tertiary/aromatic N) is 1. The third-order valence-electron chi connectivity index (χ3n) is 4.75. The first-order valence-corrected chi connectivity index (χ1v) is 9.65. The molecule has 1 fully saturated rings. The van der Waals surface area contributed by atoms with Gasteiger partial charge in [-0.3, -0.25) is 4.79 Å². The minimum absolute atomic E-state index is 0.138. The third kappa shape index (κ3) is 4.26. The lowest BCUT2D eigenvalue weighted by molar-refractivity contribution is -0.134. The summed E-state index contributed by atoms with van der Waals surface area (Å²) in [5.74, 6) is 2.19.